The van der Waals surface area contributed by atoms with Gasteiger partial charge < -0.3 is 5.73 Å². The summed E-state index contributed by atoms with van der Waals surface area (Å²) in [6, 6.07) is 6.57. The third-order valence-electron chi connectivity index (χ3n) is 3.06. The lowest BCUT2D eigenvalue weighted by Crippen LogP contribution is -2.30. The van der Waals surface area contributed by atoms with Crippen molar-refractivity contribution in [1.82, 2.24) is 5.43 Å². The molecule has 0 saturated heterocycles. The van der Waals surface area contributed by atoms with Gasteiger partial charge in [0.05, 0.1) is 6.04 Å². The Labute approximate surface area is 114 Å². The van der Waals surface area contributed by atoms with Gasteiger partial charge in [0.2, 0.25) is 0 Å². The zero-order valence-corrected chi connectivity index (χ0v) is 10.5. The van der Waals surface area contributed by atoms with Crippen molar-refractivity contribution in [3.05, 3.63) is 65.0 Å². The number of nitrogen functional groups attached to an aromatic ring is 1. The van der Waals surface area contributed by atoms with Crippen molar-refractivity contribution in [2.24, 2.45) is 5.84 Å². The number of benzene rings is 2. The van der Waals surface area contributed by atoms with E-state index in [1.165, 1.54) is 24.3 Å². The van der Waals surface area contributed by atoms with Crippen LogP contribution in [0.2, 0.25) is 0 Å². The van der Waals surface area contributed by atoms with Crippen molar-refractivity contribution in [2.45, 2.75) is 12.5 Å². The standard InChI is InChI=1S/C14H14F3N3/c15-9-3-4-13(18)11(6-9)14(20-19)5-8-1-2-10(16)7-12(8)17/h1-4,6-7,14,20H,5,18-19H2. The first-order valence-corrected chi connectivity index (χ1v) is 5.96. The third-order valence-corrected chi connectivity index (χ3v) is 3.06. The van der Waals surface area contributed by atoms with Gasteiger partial charge in [0.1, 0.15) is 17.5 Å². The average molecular weight is 281 g/mol. The number of nitrogens with two attached hydrogens (primary N) is 2. The Balaban J connectivity index is 2.31. The molecular formula is C14H14F3N3. The Morgan fingerprint density at radius 1 is 1.00 bits per heavy atom. The number of hydrogen-bond acceptors (Lipinski definition) is 3. The Bertz CT molecular complexity index is 617. The second-order valence-electron chi connectivity index (χ2n) is 4.43. The molecule has 6 heteroatoms. The molecule has 0 spiro atoms. The smallest absolute Gasteiger partial charge is 0.129 e. The van der Waals surface area contributed by atoms with Crippen molar-refractivity contribution in [3.63, 3.8) is 0 Å². The van der Waals surface area contributed by atoms with Gasteiger partial charge in [-0.15, -0.1) is 0 Å². The summed E-state index contributed by atoms with van der Waals surface area (Å²) in [6.07, 6.45) is 0.121. The molecule has 0 aliphatic rings. The van der Waals surface area contributed by atoms with E-state index in [2.05, 4.69) is 5.43 Å². The summed E-state index contributed by atoms with van der Waals surface area (Å²) in [4.78, 5) is 0. The van der Waals surface area contributed by atoms with Gasteiger partial charge in [-0.1, -0.05) is 6.07 Å². The fourth-order valence-corrected chi connectivity index (χ4v) is 2.01. The lowest BCUT2D eigenvalue weighted by molar-refractivity contribution is 0.519. The van der Waals surface area contributed by atoms with Crippen molar-refractivity contribution in [2.75, 3.05) is 5.73 Å². The fraction of sp³-hybridized carbons (Fsp3) is 0.143. The van der Waals surface area contributed by atoms with Crippen molar-refractivity contribution in [1.29, 1.82) is 0 Å². The monoisotopic (exact) mass is 281 g/mol. The lowest BCUT2D eigenvalue weighted by atomic mass is 9.97. The molecule has 5 N–H and O–H groups in total. The Morgan fingerprint density at radius 3 is 2.30 bits per heavy atom. The quantitative estimate of drug-likeness (QED) is 0.458. The van der Waals surface area contributed by atoms with Crippen LogP contribution in [-0.2, 0) is 6.42 Å². The first-order valence-electron chi connectivity index (χ1n) is 5.96. The molecule has 0 fully saturated rings. The van der Waals surface area contributed by atoms with Crippen molar-refractivity contribution < 1.29 is 13.2 Å². The SMILES string of the molecule is NNC(Cc1ccc(F)cc1F)c1cc(F)ccc1N. The molecule has 0 bridgehead atoms. The molecule has 1 atom stereocenters. The lowest BCUT2D eigenvalue weighted by Gasteiger charge is -2.18. The maximum atomic E-state index is 13.6. The summed E-state index contributed by atoms with van der Waals surface area (Å²) in [5.74, 6) is 3.62. The first kappa shape index (κ1) is 14.4. The maximum Gasteiger partial charge on any atom is 0.129 e. The van der Waals surface area contributed by atoms with Crippen LogP contribution in [0.4, 0.5) is 18.9 Å². The topological polar surface area (TPSA) is 64.1 Å². The summed E-state index contributed by atoms with van der Waals surface area (Å²) in [6.45, 7) is 0. The van der Waals surface area contributed by atoms with Crippen molar-refractivity contribution >= 4 is 5.69 Å². The predicted octanol–water partition coefficient (Wildman–Crippen LogP) is 2.43. The number of hydrogen-bond donors (Lipinski definition) is 3. The van der Waals surface area contributed by atoms with E-state index < -0.39 is 23.5 Å². The normalized spacial score (nSPS) is 12.4. The number of halogens is 3. The molecule has 2 rings (SSSR count). The van der Waals surface area contributed by atoms with Gasteiger partial charge in [-0.25, -0.2) is 13.2 Å². The van der Waals surface area contributed by atoms with Crippen LogP contribution in [0, 0.1) is 17.5 Å². The van der Waals surface area contributed by atoms with Gasteiger partial charge in [-0.3, -0.25) is 11.3 Å². The molecule has 0 aromatic heterocycles. The van der Waals surface area contributed by atoms with Gasteiger partial charge in [-0.2, -0.15) is 0 Å². The minimum atomic E-state index is -0.680. The maximum absolute atomic E-state index is 13.6. The summed E-state index contributed by atoms with van der Waals surface area (Å²) >= 11 is 0. The highest BCUT2D eigenvalue weighted by Crippen LogP contribution is 2.25. The van der Waals surface area contributed by atoms with E-state index >= 15 is 0 Å². The molecule has 2 aromatic carbocycles. The van der Waals surface area contributed by atoms with Crippen LogP contribution in [0.5, 0.6) is 0 Å². The number of nitrogens with one attached hydrogen (secondary N) is 1. The zero-order valence-electron chi connectivity index (χ0n) is 10.5. The zero-order chi connectivity index (χ0) is 14.7. The molecule has 3 nitrogen and oxygen atoms in total. The third kappa shape index (κ3) is 3.09. The Kier molecular flexibility index (Phi) is 4.26. The summed E-state index contributed by atoms with van der Waals surface area (Å²) in [5.41, 5.74) is 9.27. The van der Waals surface area contributed by atoms with Crippen LogP contribution in [0.1, 0.15) is 17.2 Å². The van der Waals surface area contributed by atoms with Gasteiger partial charge in [0.25, 0.3) is 0 Å². The number of hydrazine groups is 1. The minimum Gasteiger partial charge on any atom is -0.398 e. The van der Waals surface area contributed by atoms with E-state index in [0.717, 1.165) is 12.1 Å². The summed E-state index contributed by atoms with van der Waals surface area (Å²) < 4.78 is 39.8. The largest absolute Gasteiger partial charge is 0.398 e. The molecule has 0 heterocycles. The van der Waals surface area contributed by atoms with E-state index in [9.17, 15) is 13.2 Å². The minimum absolute atomic E-state index is 0.121. The Morgan fingerprint density at radius 2 is 1.65 bits per heavy atom. The van der Waals surface area contributed by atoms with E-state index in [4.69, 9.17) is 11.6 Å². The van der Waals surface area contributed by atoms with Crippen LogP contribution in [0.3, 0.4) is 0 Å². The molecule has 20 heavy (non-hydrogen) atoms. The van der Waals surface area contributed by atoms with Crippen LogP contribution in [0.25, 0.3) is 0 Å². The highest BCUT2D eigenvalue weighted by atomic mass is 19.1. The Hall–Kier alpha value is -2.05. The fourth-order valence-electron chi connectivity index (χ4n) is 2.01. The van der Waals surface area contributed by atoms with Gasteiger partial charge in [0, 0.05) is 11.8 Å². The van der Waals surface area contributed by atoms with Gasteiger partial charge in [-0.05, 0) is 41.8 Å². The molecule has 0 aliphatic carbocycles. The summed E-state index contributed by atoms with van der Waals surface area (Å²) in [5, 5.41) is 0. The van der Waals surface area contributed by atoms with E-state index in [0.29, 0.717) is 11.3 Å². The van der Waals surface area contributed by atoms with Crippen LogP contribution in [0.15, 0.2) is 36.4 Å². The second-order valence-corrected chi connectivity index (χ2v) is 4.43. The van der Waals surface area contributed by atoms with Gasteiger partial charge in [0.15, 0.2) is 0 Å². The summed E-state index contributed by atoms with van der Waals surface area (Å²) in [7, 11) is 0. The van der Waals surface area contributed by atoms with Gasteiger partial charge >= 0.3 is 0 Å². The molecule has 0 radical (unpaired) electrons. The second kappa shape index (κ2) is 5.94. The molecule has 0 amide bonds. The van der Waals surface area contributed by atoms with Crippen LogP contribution in [-0.4, -0.2) is 0 Å². The molecule has 1 unspecified atom stereocenters. The number of rotatable bonds is 4. The van der Waals surface area contributed by atoms with Crippen LogP contribution >= 0.6 is 0 Å². The van der Waals surface area contributed by atoms with Crippen LogP contribution < -0.4 is 17.0 Å². The average Bonchev–Trinajstić information content (AvgIpc) is 2.41. The molecule has 2 aromatic rings. The van der Waals surface area contributed by atoms with E-state index in [1.54, 1.807) is 0 Å². The van der Waals surface area contributed by atoms with E-state index in [1.807, 2.05) is 0 Å². The molecule has 0 saturated carbocycles. The van der Waals surface area contributed by atoms with E-state index in [-0.39, 0.29) is 12.0 Å². The predicted molar refractivity (Wildman–Crippen MR) is 70.9 cm³/mol. The first-order chi connectivity index (χ1) is 9.51. The molecule has 0 aliphatic heterocycles. The molecular weight excluding hydrogens is 267 g/mol. The number of anilines is 1. The molecule has 106 valence electrons. The highest BCUT2D eigenvalue weighted by molar-refractivity contribution is 5.49. The van der Waals surface area contributed by atoms with Crippen molar-refractivity contribution in [3.8, 4) is 0 Å². The highest BCUT2D eigenvalue weighted by Gasteiger charge is 2.16.